The zero-order valence-electron chi connectivity index (χ0n) is 13.1. The maximum atomic E-state index is 5.71. The molecule has 0 radical (unpaired) electrons. The molecule has 1 N–H and O–H groups in total. The molecule has 0 unspecified atom stereocenters. The molecule has 0 aliphatic carbocycles. The van der Waals surface area contributed by atoms with Gasteiger partial charge < -0.3 is 19.7 Å². The summed E-state index contributed by atoms with van der Waals surface area (Å²) < 4.78 is 11.4. The lowest BCUT2D eigenvalue weighted by Gasteiger charge is -2.14. The second-order valence-corrected chi connectivity index (χ2v) is 5.63. The van der Waals surface area contributed by atoms with Gasteiger partial charge in [0.2, 0.25) is 0 Å². The summed E-state index contributed by atoms with van der Waals surface area (Å²) in [6.07, 6.45) is 0.926. The van der Waals surface area contributed by atoms with Crippen molar-refractivity contribution >= 4 is 11.4 Å². The molecular weight excluding hydrogens is 276 g/mol. The van der Waals surface area contributed by atoms with Crippen LogP contribution >= 0.6 is 0 Å². The number of fused-ring (bicyclic) bond motifs is 1. The normalized spacial score (nSPS) is 13.4. The lowest BCUT2D eigenvalue weighted by molar-refractivity contribution is 0.297. The molecule has 0 saturated carbocycles. The van der Waals surface area contributed by atoms with E-state index >= 15 is 0 Å². The highest BCUT2D eigenvalue weighted by atomic mass is 16.5. The topological polar surface area (TPSA) is 33.7 Å². The smallest absolute Gasteiger partial charge is 0.163 e. The van der Waals surface area contributed by atoms with Crippen molar-refractivity contribution in [1.82, 2.24) is 0 Å². The first-order valence-corrected chi connectivity index (χ1v) is 7.62. The van der Waals surface area contributed by atoms with Gasteiger partial charge >= 0.3 is 0 Å². The maximum Gasteiger partial charge on any atom is 0.163 e. The molecule has 0 aromatic heterocycles. The van der Waals surface area contributed by atoms with Crippen LogP contribution in [-0.4, -0.2) is 27.3 Å². The second-order valence-electron chi connectivity index (χ2n) is 5.63. The average Bonchev–Trinajstić information content (AvgIpc) is 2.78. The van der Waals surface area contributed by atoms with Crippen LogP contribution in [-0.2, 0) is 6.54 Å². The highest BCUT2D eigenvalue weighted by Gasteiger charge is 2.10. The Hall–Kier alpha value is -2.36. The Bertz CT molecular complexity index is 623. The first kappa shape index (κ1) is 14.6. The molecular formula is C18H22N2O2. The van der Waals surface area contributed by atoms with Crippen LogP contribution in [0.2, 0.25) is 0 Å². The number of anilines is 2. The molecule has 4 heteroatoms. The van der Waals surface area contributed by atoms with Gasteiger partial charge in [-0.3, -0.25) is 0 Å². The minimum atomic E-state index is 0.711. The zero-order chi connectivity index (χ0) is 15.4. The van der Waals surface area contributed by atoms with Crippen LogP contribution in [0.25, 0.3) is 0 Å². The third-order valence-electron chi connectivity index (χ3n) is 3.70. The van der Waals surface area contributed by atoms with Crippen molar-refractivity contribution in [2.24, 2.45) is 0 Å². The van der Waals surface area contributed by atoms with Crippen molar-refractivity contribution < 1.29 is 9.47 Å². The standard InChI is InChI=1S/C18H22N2O2/c1-20(2)16-7-4-14(5-8-16)13-19-15-6-9-17-18(12-15)22-11-3-10-21-17/h4-9,12,19H,3,10-11,13H2,1-2H3. The molecule has 2 aromatic carbocycles. The largest absolute Gasteiger partial charge is 0.490 e. The maximum absolute atomic E-state index is 5.71. The Morgan fingerprint density at radius 1 is 0.955 bits per heavy atom. The quantitative estimate of drug-likeness (QED) is 0.936. The fourth-order valence-corrected chi connectivity index (χ4v) is 2.39. The van der Waals surface area contributed by atoms with E-state index in [-0.39, 0.29) is 0 Å². The van der Waals surface area contributed by atoms with Gasteiger partial charge in [0, 0.05) is 44.5 Å². The van der Waals surface area contributed by atoms with Gasteiger partial charge in [0.25, 0.3) is 0 Å². The molecule has 0 spiro atoms. The molecule has 22 heavy (non-hydrogen) atoms. The van der Waals surface area contributed by atoms with Gasteiger partial charge in [-0.05, 0) is 29.8 Å². The lowest BCUT2D eigenvalue weighted by Crippen LogP contribution is -2.08. The molecule has 0 fully saturated rings. The molecule has 0 saturated heterocycles. The summed E-state index contributed by atoms with van der Waals surface area (Å²) in [4.78, 5) is 2.10. The van der Waals surface area contributed by atoms with Crippen LogP contribution in [0.15, 0.2) is 42.5 Å². The van der Waals surface area contributed by atoms with E-state index in [2.05, 4.69) is 34.5 Å². The first-order chi connectivity index (χ1) is 10.7. The average molecular weight is 298 g/mol. The summed E-state index contributed by atoms with van der Waals surface area (Å²) in [6, 6.07) is 14.6. The van der Waals surface area contributed by atoms with E-state index in [1.165, 1.54) is 11.3 Å². The molecule has 1 aliphatic rings. The van der Waals surface area contributed by atoms with E-state index < -0.39 is 0 Å². The monoisotopic (exact) mass is 298 g/mol. The Labute approximate surface area is 131 Å². The van der Waals surface area contributed by atoms with Gasteiger partial charge in [-0.15, -0.1) is 0 Å². The number of hydrogen-bond acceptors (Lipinski definition) is 4. The van der Waals surface area contributed by atoms with E-state index in [0.29, 0.717) is 6.61 Å². The van der Waals surface area contributed by atoms with Gasteiger partial charge in [0.15, 0.2) is 11.5 Å². The number of hydrogen-bond donors (Lipinski definition) is 1. The lowest BCUT2D eigenvalue weighted by atomic mass is 10.2. The Balaban J connectivity index is 1.65. The number of ether oxygens (including phenoxy) is 2. The summed E-state index contributed by atoms with van der Waals surface area (Å²) in [5, 5.41) is 3.43. The molecule has 0 atom stereocenters. The van der Waals surface area contributed by atoms with Gasteiger partial charge in [0.05, 0.1) is 13.2 Å². The minimum Gasteiger partial charge on any atom is -0.490 e. The molecule has 0 bridgehead atoms. The summed E-state index contributed by atoms with van der Waals surface area (Å²) >= 11 is 0. The van der Waals surface area contributed by atoms with Crippen molar-refractivity contribution in [3.8, 4) is 11.5 Å². The third-order valence-corrected chi connectivity index (χ3v) is 3.70. The molecule has 1 heterocycles. The Morgan fingerprint density at radius 3 is 2.41 bits per heavy atom. The first-order valence-electron chi connectivity index (χ1n) is 7.62. The van der Waals surface area contributed by atoms with Crippen molar-refractivity contribution in [1.29, 1.82) is 0 Å². The predicted molar refractivity (Wildman–Crippen MR) is 90.1 cm³/mol. The van der Waals surface area contributed by atoms with Gasteiger partial charge in [-0.1, -0.05) is 12.1 Å². The van der Waals surface area contributed by atoms with Crippen LogP contribution in [0.3, 0.4) is 0 Å². The number of rotatable bonds is 4. The van der Waals surface area contributed by atoms with Crippen LogP contribution in [0, 0.1) is 0 Å². The van der Waals surface area contributed by atoms with E-state index in [9.17, 15) is 0 Å². The Morgan fingerprint density at radius 2 is 1.68 bits per heavy atom. The van der Waals surface area contributed by atoms with E-state index in [1.54, 1.807) is 0 Å². The SMILES string of the molecule is CN(C)c1ccc(CNc2ccc3c(c2)OCCCO3)cc1. The van der Waals surface area contributed by atoms with Crippen molar-refractivity contribution in [2.45, 2.75) is 13.0 Å². The van der Waals surface area contributed by atoms with E-state index in [4.69, 9.17) is 9.47 Å². The Kier molecular flexibility index (Phi) is 4.37. The van der Waals surface area contributed by atoms with Gasteiger partial charge in [0.1, 0.15) is 0 Å². The van der Waals surface area contributed by atoms with Crippen LogP contribution < -0.4 is 19.7 Å². The van der Waals surface area contributed by atoms with Crippen LogP contribution in [0.5, 0.6) is 11.5 Å². The molecule has 2 aromatic rings. The van der Waals surface area contributed by atoms with Crippen molar-refractivity contribution in [3.05, 3.63) is 48.0 Å². The highest BCUT2D eigenvalue weighted by Crippen LogP contribution is 2.32. The van der Waals surface area contributed by atoms with Gasteiger partial charge in [-0.25, -0.2) is 0 Å². The molecule has 3 rings (SSSR count). The van der Waals surface area contributed by atoms with E-state index in [1.807, 2.05) is 32.3 Å². The fraction of sp³-hybridized carbons (Fsp3) is 0.333. The van der Waals surface area contributed by atoms with Gasteiger partial charge in [-0.2, -0.15) is 0 Å². The predicted octanol–water partition coefficient (Wildman–Crippen LogP) is 3.53. The highest BCUT2D eigenvalue weighted by molar-refractivity contribution is 5.55. The zero-order valence-corrected chi connectivity index (χ0v) is 13.1. The van der Waals surface area contributed by atoms with Crippen LogP contribution in [0.1, 0.15) is 12.0 Å². The number of nitrogens with zero attached hydrogens (tertiary/aromatic N) is 1. The summed E-state index contributed by atoms with van der Waals surface area (Å²) in [7, 11) is 4.09. The fourth-order valence-electron chi connectivity index (χ4n) is 2.39. The summed E-state index contributed by atoms with van der Waals surface area (Å²) in [6.45, 7) is 2.22. The second kappa shape index (κ2) is 6.60. The molecule has 116 valence electrons. The van der Waals surface area contributed by atoms with Crippen LogP contribution in [0.4, 0.5) is 11.4 Å². The molecule has 0 amide bonds. The number of nitrogens with one attached hydrogen (secondary N) is 1. The summed E-state index contributed by atoms with van der Waals surface area (Å²) in [5.41, 5.74) is 3.50. The molecule has 1 aliphatic heterocycles. The molecule has 4 nitrogen and oxygen atoms in total. The third kappa shape index (κ3) is 3.45. The van der Waals surface area contributed by atoms with Crippen molar-refractivity contribution in [3.63, 3.8) is 0 Å². The number of benzene rings is 2. The minimum absolute atomic E-state index is 0.711. The summed E-state index contributed by atoms with van der Waals surface area (Å²) in [5.74, 6) is 1.66. The van der Waals surface area contributed by atoms with Crippen molar-refractivity contribution in [2.75, 3.05) is 37.5 Å². The van der Waals surface area contributed by atoms with E-state index in [0.717, 1.165) is 36.8 Å².